The van der Waals surface area contributed by atoms with E-state index >= 15 is 0 Å². The van der Waals surface area contributed by atoms with Gasteiger partial charge in [-0.25, -0.2) is 0 Å². The average molecular weight is 395 g/mol. The SMILES string of the molecule is C[C@@H](Oc1cccc2ccccc12)C(=O)N1CCN(c2cccc(Cl)c2)CC1. The largest absolute Gasteiger partial charge is 0.480 e. The van der Waals surface area contributed by atoms with Crippen molar-refractivity contribution in [1.82, 2.24) is 4.90 Å². The van der Waals surface area contributed by atoms with E-state index in [0.29, 0.717) is 13.1 Å². The van der Waals surface area contributed by atoms with Crippen LogP contribution in [0.15, 0.2) is 66.7 Å². The second kappa shape index (κ2) is 8.11. The first kappa shape index (κ1) is 18.6. The van der Waals surface area contributed by atoms with Gasteiger partial charge in [-0.2, -0.15) is 0 Å². The lowest BCUT2D eigenvalue weighted by atomic mass is 10.1. The van der Waals surface area contributed by atoms with Gasteiger partial charge in [-0.05, 0) is 36.6 Å². The van der Waals surface area contributed by atoms with Crippen LogP contribution in [0.5, 0.6) is 5.75 Å². The number of carbonyl (C=O) groups excluding carboxylic acids is 1. The molecule has 4 rings (SSSR count). The minimum absolute atomic E-state index is 0.0266. The molecule has 1 saturated heterocycles. The highest BCUT2D eigenvalue weighted by Gasteiger charge is 2.26. The number of rotatable bonds is 4. The maximum Gasteiger partial charge on any atom is 0.263 e. The first-order valence-corrected chi connectivity index (χ1v) is 9.93. The minimum atomic E-state index is -0.525. The Morgan fingerprint density at radius 2 is 1.68 bits per heavy atom. The fraction of sp³-hybridized carbons (Fsp3) is 0.261. The zero-order valence-electron chi connectivity index (χ0n) is 15.8. The van der Waals surface area contributed by atoms with Gasteiger partial charge in [0.05, 0.1) is 0 Å². The molecule has 1 aliphatic heterocycles. The fourth-order valence-electron chi connectivity index (χ4n) is 3.65. The normalized spacial score (nSPS) is 15.5. The Bertz CT molecular complexity index is 978. The van der Waals surface area contributed by atoms with Crippen LogP contribution in [0.3, 0.4) is 0 Å². The third-order valence-corrected chi connectivity index (χ3v) is 5.40. The van der Waals surface area contributed by atoms with E-state index in [1.807, 2.05) is 72.5 Å². The fourth-order valence-corrected chi connectivity index (χ4v) is 3.84. The van der Waals surface area contributed by atoms with Crippen LogP contribution in [0.1, 0.15) is 6.92 Å². The van der Waals surface area contributed by atoms with Crippen LogP contribution < -0.4 is 9.64 Å². The van der Waals surface area contributed by atoms with Crippen molar-refractivity contribution in [3.63, 3.8) is 0 Å². The van der Waals surface area contributed by atoms with Crippen molar-refractivity contribution >= 4 is 34.0 Å². The van der Waals surface area contributed by atoms with Crippen molar-refractivity contribution in [2.75, 3.05) is 31.1 Å². The van der Waals surface area contributed by atoms with Gasteiger partial charge in [0, 0.05) is 42.3 Å². The van der Waals surface area contributed by atoms with Crippen LogP contribution in [-0.4, -0.2) is 43.1 Å². The molecule has 0 aliphatic carbocycles. The third kappa shape index (κ3) is 3.92. The summed E-state index contributed by atoms with van der Waals surface area (Å²) in [6, 6.07) is 21.8. The summed E-state index contributed by atoms with van der Waals surface area (Å²) in [5.41, 5.74) is 1.10. The lowest BCUT2D eigenvalue weighted by molar-refractivity contribution is -0.138. The quantitative estimate of drug-likeness (QED) is 0.647. The zero-order chi connectivity index (χ0) is 19.5. The Hall–Kier alpha value is -2.72. The summed E-state index contributed by atoms with van der Waals surface area (Å²) in [6.45, 7) is 4.75. The number of ether oxygens (including phenoxy) is 1. The van der Waals surface area contributed by atoms with Gasteiger partial charge in [0.1, 0.15) is 5.75 Å². The maximum absolute atomic E-state index is 12.9. The number of amides is 1. The molecule has 1 amide bonds. The molecule has 5 heteroatoms. The van der Waals surface area contributed by atoms with Crippen molar-refractivity contribution in [1.29, 1.82) is 0 Å². The summed E-state index contributed by atoms with van der Waals surface area (Å²) in [7, 11) is 0. The zero-order valence-corrected chi connectivity index (χ0v) is 16.6. The van der Waals surface area contributed by atoms with Crippen LogP contribution in [-0.2, 0) is 4.79 Å². The van der Waals surface area contributed by atoms with Crippen molar-refractivity contribution in [3.05, 3.63) is 71.8 Å². The van der Waals surface area contributed by atoms with Gasteiger partial charge in [0.2, 0.25) is 0 Å². The number of anilines is 1. The van der Waals surface area contributed by atoms with Gasteiger partial charge >= 0.3 is 0 Å². The number of halogens is 1. The molecule has 0 spiro atoms. The Morgan fingerprint density at radius 1 is 0.964 bits per heavy atom. The minimum Gasteiger partial charge on any atom is -0.480 e. The van der Waals surface area contributed by atoms with Crippen LogP contribution >= 0.6 is 11.6 Å². The van der Waals surface area contributed by atoms with Gasteiger partial charge in [-0.3, -0.25) is 4.79 Å². The maximum atomic E-state index is 12.9. The second-order valence-corrected chi connectivity index (χ2v) is 7.47. The van der Waals surface area contributed by atoms with E-state index in [9.17, 15) is 4.79 Å². The predicted molar refractivity (Wildman–Crippen MR) is 114 cm³/mol. The highest BCUT2D eigenvalue weighted by molar-refractivity contribution is 6.30. The molecule has 28 heavy (non-hydrogen) atoms. The molecule has 0 aromatic heterocycles. The predicted octanol–water partition coefficient (Wildman–Crippen LogP) is 4.61. The highest BCUT2D eigenvalue weighted by atomic mass is 35.5. The molecular weight excluding hydrogens is 372 g/mol. The smallest absolute Gasteiger partial charge is 0.263 e. The van der Waals surface area contributed by atoms with Crippen molar-refractivity contribution < 1.29 is 9.53 Å². The molecule has 0 bridgehead atoms. The molecule has 1 heterocycles. The lowest BCUT2D eigenvalue weighted by Gasteiger charge is -2.37. The monoisotopic (exact) mass is 394 g/mol. The van der Waals surface area contributed by atoms with Gasteiger partial charge < -0.3 is 14.5 Å². The number of carbonyl (C=O) groups is 1. The van der Waals surface area contributed by atoms with Crippen LogP contribution in [0.4, 0.5) is 5.69 Å². The molecule has 0 radical (unpaired) electrons. The van der Waals surface area contributed by atoms with Gasteiger partial charge in [0.25, 0.3) is 5.91 Å². The summed E-state index contributed by atoms with van der Waals surface area (Å²) < 4.78 is 6.05. The Kier molecular flexibility index (Phi) is 5.40. The average Bonchev–Trinajstić information content (AvgIpc) is 2.73. The molecule has 0 unspecified atom stereocenters. The molecule has 0 N–H and O–H groups in total. The molecule has 1 fully saturated rings. The van der Waals surface area contributed by atoms with Crippen LogP contribution in [0.25, 0.3) is 10.8 Å². The number of benzene rings is 3. The van der Waals surface area contributed by atoms with Crippen LogP contribution in [0.2, 0.25) is 5.02 Å². The van der Waals surface area contributed by atoms with Gasteiger partial charge in [0.15, 0.2) is 6.10 Å². The summed E-state index contributed by atoms with van der Waals surface area (Å²) in [5.74, 6) is 0.773. The van der Waals surface area contributed by atoms with Crippen LogP contribution in [0, 0.1) is 0 Å². The standard InChI is InChI=1S/C23H23ClN2O2/c1-17(28-22-11-4-7-18-6-2-3-10-21(18)22)23(27)26-14-12-25(13-15-26)20-9-5-8-19(24)16-20/h2-11,16-17H,12-15H2,1H3/t17-/m1/s1. The number of hydrogen-bond acceptors (Lipinski definition) is 3. The third-order valence-electron chi connectivity index (χ3n) is 5.17. The summed E-state index contributed by atoms with van der Waals surface area (Å²) in [6.07, 6.45) is -0.525. The van der Waals surface area contributed by atoms with E-state index in [1.165, 1.54) is 0 Å². The lowest BCUT2D eigenvalue weighted by Crippen LogP contribution is -2.52. The van der Waals surface area contributed by atoms with E-state index in [4.69, 9.17) is 16.3 Å². The van der Waals surface area contributed by atoms with E-state index in [0.717, 1.165) is 40.3 Å². The second-order valence-electron chi connectivity index (χ2n) is 7.03. The van der Waals surface area contributed by atoms with Gasteiger partial charge in [-0.1, -0.05) is 54.1 Å². The Balaban J connectivity index is 1.39. The molecule has 0 saturated carbocycles. The van der Waals surface area contributed by atoms with Crippen molar-refractivity contribution in [2.45, 2.75) is 13.0 Å². The number of nitrogens with zero attached hydrogens (tertiary/aromatic N) is 2. The van der Waals surface area contributed by atoms with E-state index in [1.54, 1.807) is 0 Å². The Morgan fingerprint density at radius 3 is 2.46 bits per heavy atom. The molecule has 4 nitrogen and oxygen atoms in total. The molecule has 3 aromatic carbocycles. The number of hydrogen-bond donors (Lipinski definition) is 0. The molecule has 1 atom stereocenters. The number of fused-ring (bicyclic) bond motifs is 1. The molecular formula is C23H23ClN2O2. The van der Waals surface area contributed by atoms with Crippen molar-refractivity contribution in [3.8, 4) is 5.75 Å². The first-order chi connectivity index (χ1) is 13.6. The molecule has 1 aliphatic rings. The van der Waals surface area contributed by atoms with E-state index in [-0.39, 0.29) is 5.91 Å². The summed E-state index contributed by atoms with van der Waals surface area (Å²) in [5, 5.41) is 2.86. The van der Waals surface area contributed by atoms with Gasteiger partial charge in [-0.15, -0.1) is 0 Å². The van der Waals surface area contributed by atoms with E-state index in [2.05, 4.69) is 11.0 Å². The molecule has 3 aromatic rings. The van der Waals surface area contributed by atoms with Crippen molar-refractivity contribution in [2.24, 2.45) is 0 Å². The first-order valence-electron chi connectivity index (χ1n) is 9.55. The van der Waals surface area contributed by atoms with E-state index < -0.39 is 6.10 Å². The highest BCUT2D eigenvalue weighted by Crippen LogP contribution is 2.26. The molecule has 144 valence electrons. The Labute approximate surface area is 170 Å². The summed E-state index contributed by atoms with van der Waals surface area (Å²) >= 11 is 6.10. The number of piperazine rings is 1. The topological polar surface area (TPSA) is 32.8 Å². The summed E-state index contributed by atoms with van der Waals surface area (Å²) in [4.78, 5) is 17.0.